The number of amides is 2. The average Bonchev–Trinajstić information content (AvgIpc) is 2.54. The fourth-order valence-corrected chi connectivity index (χ4v) is 2.60. The van der Waals surface area contributed by atoms with Crippen LogP contribution in [-0.4, -0.2) is 24.9 Å². The average molecular weight is 389 g/mol. The van der Waals surface area contributed by atoms with Gasteiger partial charge in [0.2, 0.25) is 5.91 Å². The van der Waals surface area contributed by atoms with E-state index in [1.54, 1.807) is 17.0 Å². The molecule has 0 aliphatic heterocycles. The molecule has 0 aliphatic rings. The molecule has 1 N–H and O–H groups in total. The van der Waals surface area contributed by atoms with Gasteiger partial charge in [-0.2, -0.15) is 0 Å². The van der Waals surface area contributed by atoms with E-state index >= 15 is 0 Å². The largest absolute Gasteiger partial charge is 0.350 e. The third kappa shape index (κ3) is 4.68. The van der Waals surface area contributed by atoms with Gasteiger partial charge in [-0.25, -0.2) is 0 Å². The molecule has 0 saturated carbocycles. The Kier molecular flexibility index (Phi) is 6.15. The predicted octanol–water partition coefficient (Wildman–Crippen LogP) is 3.85. The Hall–Kier alpha value is -2.14. The Bertz CT molecular complexity index is 742. The zero-order chi connectivity index (χ0) is 17.7. The van der Waals surface area contributed by atoms with Crippen LogP contribution in [0.4, 0.5) is 5.69 Å². The molecule has 2 aromatic rings. The Balaban J connectivity index is 1.99. The first-order chi connectivity index (χ1) is 11.4. The van der Waals surface area contributed by atoms with Crippen molar-refractivity contribution in [1.82, 2.24) is 5.32 Å². The lowest BCUT2D eigenvalue weighted by Crippen LogP contribution is -2.37. The third-order valence-electron chi connectivity index (χ3n) is 3.77. The van der Waals surface area contributed by atoms with Gasteiger partial charge in [0.15, 0.2) is 0 Å². The van der Waals surface area contributed by atoms with Crippen molar-refractivity contribution in [2.24, 2.45) is 0 Å². The molecule has 2 amide bonds. The van der Waals surface area contributed by atoms with Crippen LogP contribution in [0.3, 0.4) is 0 Å². The van der Waals surface area contributed by atoms with Gasteiger partial charge >= 0.3 is 0 Å². The van der Waals surface area contributed by atoms with Crippen LogP contribution in [0.1, 0.15) is 28.4 Å². The van der Waals surface area contributed by atoms with Gasteiger partial charge in [-0.3, -0.25) is 9.59 Å². The summed E-state index contributed by atoms with van der Waals surface area (Å²) in [6.45, 7) is 6.30. The van der Waals surface area contributed by atoms with Crippen molar-refractivity contribution >= 4 is 33.4 Å². The highest BCUT2D eigenvalue weighted by Gasteiger charge is 2.13. The van der Waals surface area contributed by atoms with Crippen LogP contribution < -0.4 is 10.2 Å². The van der Waals surface area contributed by atoms with Gasteiger partial charge in [0, 0.05) is 35.7 Å². The molecular formula is C19H21BrN2O2. The second kappa shape index (κ2) is 8.11. The highest BCUT2D eigenvalue weighted by atomic mass is 79.9. The number of benzene rings is 2. The van der Waals surface area contributed by atoms with Crippen molar-refractivity contribution in [1.29, 1.82) is 0 Å². The summed E-state index contributed by atoms with van der Waals surface area (Å²) >= 11 is 3.46. The second-order valence-corrected chi connectivity index (χ2v) is 6.58. The summed E-state index contributed by atoms with van der Waals surface area (Å²) in [5.74, 6) is -0.188. The minimum absolute atomic E-state index is 0.0543. The van der Waals surface area contributed by atoms with Gasteiger partial charge in [-0.15, -0.1) is 0 Å². The summed E-state index contributed by atoms with van der Waals surface area (Å²) in [6.07, 6.45) is 0. The minimum Gasteiger partial charge on any atom is -0.350 e. The Morgan fingerprint density at radius 2 is 1.75 bits per heavy atom. The molecular weight excluding hydrogens is 368 g/mol. The van der Waals surface area contributed by atoms with E-state index in [2.05, 4.69) is 21.2 Å². The van der Waals surface area contributed by atoms with Crippen molar-refractivity contribution < 1.29 is 9.59 Å². The molecule has 24 heavy (non-hydrogen) atoms. The van der Waals surface area contributed by atoms with Gasteiger partial charge in [-0.05, 0) is 49.7 Å². The molecule has 2 aromatic carbocycles. The maximum absolute atomic E-state index is 12.1. The number of rotatable bonds is 5. The standard InChI is InChI=1S/C19H21BrN2O2/c1-13-4-6-16(7-5-13)19(24)21-10-11-22(15(3)23)17-8-9-18(20)14(2)12-17/h4-9,12H,10-11H2,1-3H3,(H,21,24). The van der Waals surface area contributed by atoms with Gasteiger partial charge in [0.25, 0.3) is 5.91 Å². The zero-order valence-electron chi connectivity index (χ0n) is 14.1. The van der Waals surface area contributed by atoms with Crippen LogP contribution in [0, 0.1) is 13.8 Å². The first kappa shape index (κ1) is 18.2. The lowest BCUT2D eigenvalue weighted by atomic mass is 10.1. The molecule has 0 fully saturated rings. The number of nitrogens with zero attached hydrogens (tertiary/aromatic N) is 1. The zero-order valence-corrected chi connectivity index (χ0v) is 15.7. The van der Waals surface area contributed by atoms with E-state index < -0.39 is 0 Å². The molecule has 0 heterocycles. The summed E-state index contributed by atoms with van der Waals surface area (Å²) in [5, 5.41) is 2.86. The molecule has 0 aliphatic carbocycles. The number of halogens is 1. The fourth-order valence-electron chi connectivity index (χ4n) is 2.35. The summed E-state index contributed by atoms with van der Waals surface area (Å²) in [6, 6.07) is 13.2. The maximum Gasteiger partial charge on any atom is 0.251 e. The molecule has 0 saturated heterocycles. The normalized spacial score (nSPS) is 10.3. The number of carbonyl (C=O) groups is 2. The lowest BCUT2D eigenvalue weighted by Gasteiger charge is -2.22. The minimum atomic E-state index is -0.134. The predicted molar refractivity (Wildman–Crippen MR) is 100 cm³/mol. The topological polar surface area (TPSA) is 49.4 Å². The fraction of sp³-hybridized carbons (Fsp3) is 0.263. The molecule has 0 spiro atoms. The van der Waals surface area contributed by atoms with Gasteiger partial charge < -0.3 is 10.2 Å². The van der Waals surface area contributed by atoms with Crippen molar-refractivity contribution in [3.8, 4) is 0 Å². The molecule has 0 aromatic heterocycles. The van der Waals surface area contributed by atoms with E-state index in [1.807, 2.05) is 44.2 Å². The van der Waals surface area contributed by atoms with Crippen molar-refractivity contribution in [2.45, 2.75) is 20.8 Å². The molecule has 0 radical (unpaired) electrons. The van der Waals surface area contributed by atoms with Crippen LogP contribution in [0.25, 0.3) is 0 Å². The highest BCUT2D eigenvalue weighted by molar-refractivity contribution is 9.10. The maximum atomic E-state index is 12.1. The van der Waals surface area contributed by atoms with E-state index in [0.29, 0.717) is 18.7 Å². The quantitative estimate of drug-likeness (QED) is 0.845. The summed E-state index contributed by atoms with van der Waals surface area (Å²) < 4.78 is 1.00. The summed E-state index contributed by atoms with van der Waals surface area (Å²) in [5.41, 5.74) is 3.62. The van der Waals surface area contributed by atoms with Crippen molar-refractivity contribution in [3.05, 3.63) is 63.6 Å². The van der Waals surface area contributed by atoms with Crippen LogP contribution in [0.5, 0.6) is 0 Å². The molecule has 0 bridgehead atoms. The molecule has 4 nitrogen and oxygen atoms in total. The first-order valence-electron chi connectivity index (χ1n) is 7.77. The second-order valence-electron chi connectivity index (χ2n) is 5.73. The molecule has 0 unspecified atom stereocenters. The van der Waals surface area contributed by atoms with Gasteiger partial charge in [-0.1, -0.05) is 33.6 Å². The number of nitrogens with one attached hydrogen (secondary N) is 1. The number of hydrogen-bond acceptors (Lipinski definition) is 2. The van der Waals surface area contributed by atoms with E-state index in [1.165, 1.54) is 6.92 Å². The van der Waals surface area contributed by atoms with E-state index in [4.69, 9.17) is 0 Å². The molecule has 5 heteroatoms. The SMILES string of the molecule is CC(=O)N(CCNC(=O)c1ccc(C)cc1)c1ccc(Br)c(C)c1. The highest BCUT2D eigenvalue weighted by Crippen LogP contribution is 2.23. The van der Waals surface area contributed by atoms with Crippen LogP contribution in [-0.2, 0) is 4.79 Å². The van der Waals surface area contributed by atoms with E-state index in [-0.39, 0.29) is 11.8 Å². The number of aryl methyl sites for hydroxylation is 2. The smallest absolute Gasteiger partial charge is 0.251 e. The summed E-state index contributed by atoms with van der Waals surface area (Å²) in [7, 11) is 0. The number of anilines is 1. The van der Waals surface area contributed by atoms with Crippen LogP contribution in [0.15, 0.2) is 46.9 Å². The lowest BCUT2D eigenvalue weighted by molar-refractivity contribution is -0.116. The summed E-state index contributed by atoms with van der Waals surface area (Å²) in [4.78, 5) is 25.7. The Morgan fingerprint density at radius 1 is 1.08 bits per heavy atom. The monoisotopic (exact) mass is 388 g/mol. The van der Waals surface area contributed by atoms with E-state index in [0.717, 1.165) is 21.3 Å². The molecule has 0 atom stereocenters. The Morgan fingerprint density at radius 3 is 2.33 bits per heavy atom. The van der Waals surface area contributed by atoms with E-state index in [9.17, 15) is 9.59 Å². The third-order valence-corrected chi connectivity index (χ3v) is 4.66. The van der Waals surface area contributed by atoms with Crippen molar-refractivity contribution in [3.63, 3.8) is 0 Å². The van der Waals surface area contributed by atoms with Crippen LogP contribution in [0.2, 0.25) is 0 Å². The number of carbonyl (C=O) groups excluding carboxylic acids is 2. The molecule has 126 valence electrons. The van der Waals surface area contributed by atoms with Gasteiger partial charge in [0.1, 0.15) is 0 Å². The first-order valence-corrected chi connectivity index (χ1v) is 8.57. The van der Waals surface area contributed by atoms with Crippen molar-refractivity contribution in [2.75, 3.05) is 18.0 Å². The number of hydrogen-bond donors (Lipinski definition) is 1. The Labute approximate surface area is 151 Å². The van der Waals surface area contributed by atoms with Crippen LogP contribution >= 0.6 is 15.9 Å². The molecule has 2 rings (SSSR count). The van der Waals surface area contributed by atoms with Gasteiger partial charge in [0.05, 0.1) is 0 Å².